The number of nitrogens with one attached hydrogen (secondary N) is 2. The average molecular weight is 349 g/mol. The zero-order valence-corrected chi connectivity index (χ0v) is 16.3. The van der Waals surface area contributed by atoms with Crippen LogP contribution < -0.4 is 10.6 Å². The van der Waals surface area contributed by atoms with Crippen LogP contribution >= 0.6 is 0 Å². The molecule has 2 N–H and O–H groups in total. The zero-order chi connectivity index (χ0) is 18.0. The molecule has 0 aromatic heterocycles. The van der Waals surface area contributed by atoms with Crippen LogP contribution in [0, 0.1) is 29.1 Å². The maximum absolute atomic E-state index is 12.4. The molecule has 4 saturated carbocycles. The Hall–Kier alpha value is -1.06. The highest BCUT2D eigenvalue weighted by Crippen LogP contribution is 2.61. The Morgan fingerprint density at radius 3 is 1.96 bits per heavy atom. The van der Waals surface area contributed by atoms with Gasteiger partial charge in [-0.1, -0.05) is 13.8 Å². The van der Waals surface area contributed by atoms with Crippen molar-refractivity contribution in [1.82, 2.24) is 10.6 Å². The molecule has 0 radical (unpaired) electrons. The van der Waals surface area contributed by atoms with E-state index in [9.17, 15) is 9.59 Å². The molecule has 2 amide bonds. The Morgan fingerprint density at radius 2 is 1.44 bits per heavy atom. The summed E-state index contributed by atoms with van der Waals surface area (Å²) in [5.41, 5.74) is 0.360. The monoisotopic (exact) mass is 348 g/mol. The molecule has 142 valence electrons. The van der Waals surface area contributed by atoms with Crippen molar-refractivity contribution in [3.05, 3.63) is 0 Å². The van der Waals surface area contributed by atoms with E-state index in [2.05, 4.69) is 31.4 Å². The van der Waals surface area contributed by atoms with Crippen molar-refractivity contribution in [3.63, 3.8) is 0 Å². The molecule has 0 aromatic rings. The van der Waals surface area contributed by atoms with Crippen molar-refractivity contribution >= 4 is 11.8 Å². The van der Waals surface area contributed by atoms with Gasteiger partial charge in [0.05, 0.1) is 0 Å². The highest BCUT2D eigenvalue weighted by atomic mass is 16.2. The number of hydrogen-bond donors (Lipinski definition) is 2. The molecule has 4 aliphatic rings. The van der Waals surface area contributed by atoms with Gasteiger partial charge in [-0.15, -0.1) is 0 Å². The van der Waals surface area contributed by atoms with E-state index in [1.165, 1.54) is 38.5 Å². The van der Waals surface area contributed by atoms with E-state index in [4.69, 9.17) is 0 Å². The third-order valence-corrected chi connectivity index (χ3v) is 6.90. The second-order valence-electron chi connectivity index (χ2n) is 9.62. The molecule has 0 aromatic carbocycles. The molecule has 4 rings (SSSR count). The minimum atomic E-state index is 0.0654. The zero-order valence-electron chi connectivity index (χ0n) is 16.3. The van der Waals surface area contributed by atoms with E-state index in [-0.39, 0.29) is 17.9 Å². The SMILES string of the molecule is CC(C)CNC(=O)CCCC(=O)NC(C)C12CC3CC(CC(C3)C1)C2. The number of carbonyl (C=O) groups excluding carboxylic acids is 2. The first-order chi connectivity index (χ1) is 11.9. The lowest BCUT2D eigenvalue weighted by atomic mass is 9.48. The molecule has 0 aliphatic heterocycles. The Kier molecular flexibility index (Phi) is 5.75. The molecule has 1 unspecified atom stereocenters. The maximum atomic E-state index is 12.4. The van der Waals surface area contributed by atoms with Crippen LogP contribution in [0.1, 0.15) is 78.6 Å². The molecular weight excluding hydrogens is 312 g/mol. The lowest BCUT2D eigenvalue weighted by Crippen LogP contribution is -2.55. The van der Waals surface area contributed by atoms with Gasteiger partial charge in [-0.3, -0.25) is 9.59 Å². The Balaban J connectivity index is 1.40. The molecule has 4 heteroatoms. The van der Waals surface area contributed by atoms with Gasteiger partial charge in [0, 0.05) is 25.4 Å². The lowest BCUT2D eigenvalue weighted by Gasteiger charge is -2.59. The summed E-state index contributed by atoms with van der Waals surface area (Å²) in [5.74, 6) is 3.39. The summed E-state index contributed by atoms with van der Waals surface area (Å²) >= 11 is 0. The molecule has 4 aliphatic carbocycles. The summed E-state index contributed by atoms with van der Waals surface area (Å²) in [6.45, 7) is 7.10. The fourth-order valence-corrected chi connectivity index (χ4v) is 5.99. The summed E-state index contributed by atoms with van der Waals surface area (Å²) in [4.78, 5) is 24.1. The van der Waals surface area contributed by atoms with E-state index in [1.54, 1.807) is 0 Å². The van der Waals surface area contributed by atoms with E-state index in [0.717, 1.165) is 17.8 Å². The quantitative estimate of drug-likeness (QED) is 0.703. The van der Waals surface area contributed by atoms with E-state index >= 15 is 0 Å². The molecule has 4 fully saturated rings. The standard InChI is InChI=1S/C21H36N2O2/c1-14(2)13-22-19(24)5-4-6-20(25)23-15(3)21-10-16-7-17(11-21)9-18(8-16)12-21/h14-18H,4-13H2,1-3H3,(H,22,24)(H,23,25). The van der Waals surface area contributed by atoms with Crippen LogP contribution in [-0.2, 0) is 9.59 Å². The van der Waals surface area contributed by atoms with Gasteiger partial charge in [-0.25, -0.2) is 0 Å². The van der Waals surface area contributed by atoms with E-state index in [1.807, 2.05) is 0 Å². The molecule has 25 heavy (non-hydrogen) atoms. The smallest absolute Gasteiger partial charge is 0.220 e. The Morgan fingerprint density at radius 1 is 0.920 bits per heavy atom. The van der Waals surface area contributed by atoms with Gasteiger partial charge in [0.1, 0.15) is 0 Å². The van der Waals surface area contributed by atoms with Crippen LogP contribution in [-0.4, -0.2) is 24.4 Å². The third kappa shape index (κ3) is 4.57. The van der Waals surface area contributed by atoms with Crippen molar-refractivity contribution in [2.24, 2.45) is 29.1 Å². The van der Waals surface area contributed by atoms with Crippen LogP contribution in [0.2, 0.25) is 0 Å². The summed E-state index contributed by atoms with van der Waals surface area (Å²) in [6, 6.07) is 0.281. The van der Waals surface area contributed by atoms with Crippen LogP contribution in [0.4, 0.5) is 0 Å². The van der Waals surface area contributed by atoms with Gasteiger partial charge in [-0.05, 0) is 81.0 Å². The van der Waals surface area contributed by atoms with Gasteiger partial charge in [0.25, 0.3) is 0 Å². The molecule has 1 atom stereocenters. The van der Waals surface area contributed by atoms with Crippen LogP contribution in [0.15, 0.2) is 0 Å². The summed E-state index contributed by atoms with van der Waals surface area (Å²) in [7, 11) is 0. The van der Waals surface area contributed by atoms with Crippen molar-refractivity contribution < 1.29 is 9.59 Å². The van der Waals surface area contributed by atoms with Crippen molar-refractivity contribution in [2.75, 3.05) is 6.54 Å². The summed E-state index contributed by atoms with van der Waals surface area (Å²) < 4.78 is 0. The molecule has 4 bridgehead atoms. The van der Waals surface area contributed by atoms with Crippen LogP contribution in [0.25, 0.3) is 0 Å². The molecule has 0 saturated heterocycles. The van der Waals surface area contributed by atoms with Gasteiger partial charge < -0.3 is 10.6 Å². The minimum absolute atomic E-state index is 0.0654. The van der Waals surface area contributed by atoms with Gasteiger partial charge in [-0.2, -0.15) is 0 Å². The second-order valence-corrected chi connectivity index (χ2v) is 9.62. The van der Waals surface area contributed by atoms with Crippen molar-refractivity contribution in [2.45, 2.75) is 84.6 Å². The summed E-state index contributed by atoms with van der Waals surface area (Å²) in [6.07, 6.45) is 9.82. The first-order valence-corrected chi connectivity index (χ1v) is 10.4. The molecule has 0 spiro atoms. The third-order valence-electron chi connectivity index (χ3n) is 6.90. The molecule has 4 nitrogen and oxygen atoms in total. The Bertz CT molecular complexity index is 465. The predicted octanol–water partition coefficient (Wildman–Crippen LogP) is 3.65. The number of carbonyl (C=O) groups is 2. The topological polar surface area (TPSA) is 58.2 Å². The number of rotatable bonds is 8. The molecular formula is C21H36N2O2. The first-order valence-electron chi connectivity index (χ1n) is 10.4. The summed E-state index contributed by atoms with van der Waals surface area (Å²) in [5, 5.41) is 6.21. The first kappa shape index (κ1) is 18.7. The van der Waals surface area contributed by atoms with Crippen molar-refractivity contribution in [1.29, 1.82) is 0 Å². The van der Waals surface area contributed by atoms with Gasteiger partial charge >= 0.3 is 0 Å². The van der Waals surface area contributed by atoms with Gasteiger partial charge in [0.2, 0.25) is 11.8 Å². The fourth-order valence-electron chi connectivity index (χ4n) is 5.99. The lowest BCUT2D eigenvalue weighted by molar-refractivity contribution is -0.126. The predicted molar refractivity (Wildman–Crippen MR) is 99.9 cm³/mol. The van der Waals surface area contributed by atoms with E-state index in [0.29, 0.717) is 37.1 Å². The van der Waals surface area contributed by atoms with Crippen molar-refractivity contribution in [3.8, 4) is 0 Å². The van der Waals surface area contributed by atoms with Crippen LogP contribution in [0.3, 0.4) is 0 Å². The van der Waals surface area contributed by atoms with Crippen LogP contribution in [0.5, 0.6) is 0 Å². The fraction of sp³-hybridized carbons (Fsp3) is 0.905. The highest BCUT2D eigenvalue weighted by molar-refractivity contribution is 5.79. The largest absolute Gasteiger partial charge is 0.356 e. The average Bonchev–Trinajstić information content (AvgIpc) is 2.51. The maximum Gasteiger partial charge on any atom is 0.220 e. The molecule has 0 heterocycles. The number of amides is 2. The Labute approximate surface area is 152 Å². The highest BCUT2D eigenvalue weighted by Gasteiger charge is 2.53. The normalized spacial score (nSPS) is 34.2. The minimum Gasteiger partial charge on any atom is -0.356 e. The van der Waals surface area contributed by atoms with Gasteiger partial charge in [0.15, 0.2) is 0 Å². The second kappa shape index (κ2) is 7.67. The number of hydrogen-bond acceptors (Lipinski definition) is 2. The van der Waals surface area contributed by atoms with E-state index < -0.39 is 0 Å².